The second-order valence-corrected chi connectivity index (χ2v) is 7.21. The lowest BCUT2D eigenvalue weighted by atomic mass is 10.1. The molecule has 0 bridgehead atoms. The summed E-state index contributed by atoms with van der Waals surface area (Å²) in [6, 6.07) is 15.0. The number of anilines is 1. The molecular formula is C17H19NO2S. The summed E-state index contributed by atoms with van der Waals surface area (Å²) in [5, 5.41) is 0. The number of nitrogens with zero attached hydrogens (tertiary/aromatic N) is 1. The van der Waals surface area contributed by atoms with Crippen molar-refractivity contribution in [1.82, 2.24) is 0 Å². The summed E-state index contributed by atoms with van der Waals surface area (Å²) >= 11 is 0. The van der Waals surface area contributed by atoms with Crippen molar-refractivity contribution in [3.8, 4) is 0 Å². The lowest BCUT2D eigenvalue weighted by molar-refractivity contribution is 0.592. The molecule has 0 unspecified atom stereocenters. The van der Waals surface area contributed by atoms with Crippen LogP contribution in [0.2, 0.25) is 0 Å². The van der Waals surface area contributed by atoms with Gasteiger partial charge in [-0.05, 0) is 42.2 Å². The number of fused-ring (bicyclic) bond motifs is 1. The Kier molecular flexibility index (Phi) is 3.72. The number of sulfonamides is 1. The summed E-state index contributed by atoms with van der Waals surface area (Å²) in [5.41, 5.74) is 3.09. The number of hydrogen-bond donors (Lipinski definition) is 0. The molecule has 1 aliphatic heterocycles. The van der Waals surface area contributed by atoms with Gasteiger partial charge >= 0.3 is 0 Å². The quantitative estimate of drug-likeness (QED) is 0.868. The van der Waals surface area contributed by atoms with Crippen LogP contribution in [0.3, 0.4) is 0 Å². The molecule has 1 heterocycles. The van der Waals surface area contributed by atoms with Crippen molar-refractivity contribution < 1.29 is 8.42 Å². The van der Waals surface area contributed by atoms with Gasteiger partial charge in [-0.2, -0.15) is 0 Å². The molecule has 0 aliphatic carbocycles. The van der Waals surface area contributed by atoms with E-state index in [0.717, 1.165) is 30.5 Å². The van der Waals surface area contributed by atoms with Crippen molar-refractivity contribution >= 4 is 15.7 Å². The highest BCUT2D eigenvalue weighted by Gasteiger charge is 2.30. The molecule has 0 saturated heterocycles. The molecule has 0 N–H and O–H groups in total. The fraction of sp³-hybridized carbons (Fsp3) is 0.294. The summed E-state index contributed by atoms with van der Waals surface area (Å²) in [7, 11) is -3.45. The number of aryl methyl sites for hydroxylation is 1. The molecule has 2 aromatic carbocycles. The van der Waals surface area contributed by atoms with Crippen molar-refractivity contribution in [2.75, 3.05) is 10.8 Å². The highest BCUT2D eigenvalue weighted by atomic mass is 32.2. The number of hydrogen-bond acceptors (Lipinski definition) is 2. The molecule has 0 radical (unpaired) electrons. The predicted molar refractivity (Wildman–Crippen MR) is 85.1 cm³/mol. The Bertz CT molecular complexity index is 736. The van der Waals surface area contributed by atoms with Gasteiger partial charge < -0.3 is 0 Å². The molecule has 0 aromatic heterocycles. The third-order valence-corrected chi connectivity index (χ3v) is 5.72. The third-order valence-electron chi connectivity index (χ3n) is 3.89. The van der Waals surface area contributed by atoms with Gasteiger partial charge in [-0.15, -0.1) is 0 Å². The Morgan fingerprint density at radius 1 is 1.05 bits per heavy atom. The minimum atomic E-state index is -3.45. The minimum absolute atomic E-state index is 0.374. The van der Waals surface area contributed by atoms with Gasteiger partial charge in [0.1, 0.15) is 0 Å². The maximum Gasteiger partial charge on any atom is 0.264 e. The van der Waals surface area contributed by atoms with E-state index in [4.69, 9.17) is 0 Å². The lowest BCUT2D eigenvalue weighted by Crippen LogP contribution is -2.29. The van der Waals surface area contributed by atoms with E-state index in [1.54, 1.807) is 12.1 Å². The summed E-state index contributed by atoms with van der Waals surface area (Å²) < 4.78 is 27.1. The fourth-order valence-electron chi connectivity index (χ4n) is 2.80. The van der Waals surface area contributed by atoms with Crippen LogP contribution < -0.4 is 4.31 Å². The topological polar surface area (TPSA) is 37.4 Å². The van der Waals surface area contributed by atoms with Gasteiger partial charge in [0.25, 0.3) is 10.0 Å². The van der Waals surface area contributed by atoms with Gasteiger partial charge in [0, 0.05) is 6.54 Å². The van der Waals surface area contributed by atoms with Gasteiger partial charge in [-0.25, -0.2) is 8.42 Å². The normalized spacial score (nSPS) is 14.2. The molecule has 4 heteroatoms. The molecular weight excluding hydrogens is 282 g/mol. The molecule has 0 atom stereocenters. The zero-order valence-electron chi connectivity index (χ0n) is 12.1. The second-order valence-electron chi connectivity index (χ2n) is 5.35. The van der Waals surface area contributed by atoms with E-state index in [1.165, 1.54) is 9.87 Å². The van der Waals surface area contributed by atoms with E-state index in [2.05, 4.69) is 6.92 Å². The summed E-state index contributed by atoms with van der Waals surface area (Å²) in [6.45, 7) is 2.64. The largest absolute Gasteiger partial charge is 0.266 e. The van der Waals surface area contributed by atoms with Crippen molar-refractivity contribution in [3.63, 3.8) is 0 Å². The molecule has 1 aliphatic rings. The Balaban J connectivity index is 1.94. The first kappa shape index (κ1) is 14.1. The standard InChI is InChI=1S/C17H19NO2S/c1-2-5-14-8-10-16(11-9-14)21(19,20)18-13-12-15-6-3-4-7-17(15)18/h3-4,6-11H,2,5,12-13H2,1H3. The van der Waals surface area contributed by atoms with Crippen LogP contribution in [-0.4, -0.2) is 15.0 Å². The van der Waals surface area contributed by atoms with Crippen LogP contribution in [0.4, 0.5) is 5.69 Å². The average molecular weight is 301 g/mol. The summed E-state index contributed by atoms with van der Waals surface area (Å²) in [4.78, 5) is 0.374. The molecule has 0 spiro atoms. The molecule has 21 heavy (non-hydrogen) atoms. The monoisotopic (exact) mass is 301 g/mol. The smallest absolute Gasteiger partial charge is 0.264 e. The second kappa shape index (κ2) is 5.53. The Labute approximate surface area is 126 Å². The van der Waals surface area contributed by atoms with E-state index < -0.39 is 10.0 Å². The zero-order chi connectivity index (χ0) is 14.9. The van der Waals surface area contributed by atoms with Crippen molar-refractivity contribution in [3.05, 3.63) is 59.7 Å². The summed E-state index contributed by atoms with van der Waals surface area (Å²) in [5.74, 6) is 0. The molecule has 3 rings (SSSR count). The van der Waals surface area contributed by atoms with E-state index >= 15 is 0 Å². The van der Waals surface area contributed by atoms with Crippen molar-refractivity contribution in [2.45, 2.75) is 31.1 Å². The third kappa shape index (κ3) is 2.56. The maximum absolute atomic E-state index is 12.8. The molecule has 0 saturated carbocycles. The van der Waals surface area contributed by atoms with E-state index in [-0.39, 0.29) is 0 Å². The minimum Gasteiger partial charge on any atom is -0.266 e. The number of benzene rings is 2. The van der Waals surface area contributed by atoms with E-state index in [0.29, 0.717) is 11.4 Å². The van der Waals surface area contributed by atoms with Crippen LogP contribution in [0.1, 0.15) is 24.5 Å². The van der Waals surface area contributed by atoms with Crippen molar-refractivity contribution in [2.24, 2.45) is 0 Å². The molecule has 3 nitrogen and oxygen atoms in total. The Morgan fingerprint density at radius 2 is 1.76 bits per heavy atom. The van der Waals surface area contributed by atoms with E-state index in [9.17, 15) is 8.42 Å². The molecule has 0 fully saturated rings. The Morgan fingerprint density at radius 3 is 2.48 bits per heavy atom. The van der Waals surface area contributed by atoms with Crippen LogP contribution in [0, 0.1) is 0 Å². The number of para-hydroxylation sites is 1. The van der Waals surface area contributed by atoms with Gasteiger partial charge in [0.05, 0.1) is 10.6 Å². The van der Waals surface area contributed by atoms with Crippen LogP contribution in [-0.2, 0) is 22.9 Å². The highest BCUT2D eigenvalue weighted by molar-refractivity contribution is 7.92. The average Bonchev–Trinajstić information content (AvgIpc) is 2.93. The molecule has 2 aromatic rings. The predicted octanol–water partition coefficient (Wildman–Crippen LogP) is 3.39. The molecule has 110 valence electrons. The highest BCUT2D eigenvalue weighted by Crippen LogP contribution is 2.32. The van der Waals surface area contributed by atoms with Gasteiger partial charge in [0.2, 0.25) is 0 Å². The van der Waals surface area contributed by atoms with Crippen LogP contribution in [0.5, 0.6) is 0 Å². The number of rotatable bonds is 4. The van der Waals surface area contributed by atoms with Crippen LogP contribution in [0.25, 0.3) is 0 Å². The zero-order valence-corrected chi connectivity index (χ0v) is 12.9. The van der Waals surface area contributed by atoms with Crippen LogP contribution >= 0.6 is 0 Å². The lowest BCUT2D eigenvalue weighted by Gasteiger charge is -2.19. The van der Waals surface area contributed by atoms with Gasteiger partial charge in [-0.1, -0.05) is 43.7 Å². The van der Waals surface area contributed by atoms with Crippen molar-refractivity contribution in [1.29, 1.82) is 0 Å². The SMILES string of the molecule is CCCc1ccc(S(=O)(=O)N2CCc3ccccc32)cc1. The Hall–Kier alpha value is -1.81. The first-order valence-electron chi connectivity index (χ1n) is 7.32. The van der Waals surface area contributed by atoms with Gasteiger partial charge in [-0.3, -0.25) is 4.31 Å². The fourth-order valence-corrected chi connectivity index (χ4v) is 4.30. The summed E-state index contributed by atoms with van der Waals surface area (Å²) in [6.07, 6.45) is 2.82. The van der Waals surface area contributed by atoms with Crippen LogP contribution in [0.15, 0.2) is 53.4 Å². The van der Waals surface area contributed by atoms with Gasteiger partial charge in [0.15, 0.2) is 0 Å². The first-order chi connectivity index (χ1) is 10.1. The first-order valence-corrected chi connectivity index (χ1v) is 8.76. The van der Waals surface area contributed by atoms with E-state index in [1.807, 2.05) is 36.4 Å². The maximum atomic E-state index is 12.8. The molecule has 0 amide bonds.